The fourth-order valence-electron chi connectivity index (χ4n) is 3.40. The number of ether oxygens (including phenoxy) is 1. The SMILES string of the molecule is CCOc1ccc(CCCNC(=O)c2cc3c(ccc4ccccc43)o2)cc1. The number of benzene rings is 3. The van der Waals surface area contributed by atoms with Crippen molar-refractivity contribution in [3.8, 4) is 5.75 Å². The molecule has 3 aromatic carbocycles. The second-order valence-corrected chi connectivity index (χ2v) is 6.75. The highest BCUT2D eigenvalue weighted by Gasteiger charge is 2.13. The van der Waals surface area contributed by atoms with Gasteiger partial charge >= 0.3 is 0 Å². The maximum absolute atomic E-state index is 12.5. The number of nitrogens with one attached hydrogen (secondary N) is 1. The van der Waals surface area contributed by atoms with Crippen molar-refractivity contribution in [2.24, 2.45) is 0 Å². The number of rotatable bonds is 7. The second kappa shape index (κ2) is 8.17. The zero-order valence-corrected chi connectivity index (χ0v) is 15.9. The molecule has 4 heteroatoms. The van der Waals surface area contributed by atoms with Crippen LogP contribution in [0.3, 0.4) is 0 Å². The standard InChI is InChI=1S/C24H23NO3/c1-2-27-19-12-9-17(10-13-19)6-5-15-25-24(26)23-16-21-20-8-4-3-7-18(20)11-14-22(21)28-23/h3-4,7-14,16H,2,5-6,15H2,1H3,(H,25,26). The highest BCUT2D eigenvalue weighted by Crippen LogP contribution is 2.28. The maximum Gasteiger partial charge on any atom is 0.287 e. The van der Waals surface area contributed by atoms with Crippen molar-refractivity contribution in [2.45, 2.75) is 19.8 Å². The van der Waals surface area contributed by atoms with Crippen LogP contribution in [0.25, 0.3) is 21.7 Å². The second-order valence-electron chi connectivity index (χ2n) is 6.75. The Morgan fingerprint density at radius 1 is 1.00 bits per heavy atom. The summed E-state index contributed by atoms with van der Waals surface area (Å²) in [5, 5.41) is 6.16. The summed E-state index contributed by atoms with van der Waals surface area (Å²) >= 11 is 0. The number of hydrogen-bond donors (Lipinski definition) is 1. The van der Waals surface area contributed by atoms with Crippen LogP contribution < -0.4 is 10.1 Å². The summed E-state index contributed by atoms with van der Waals surface area (Å²) in [4.78, 5) is 12.5. The fraction of sp³-hybridized carbons (Fsp3) is 0.208. The Labute approximate surface area is 164 Å². The van der Waals surface area contributed by atoms with Crippen molar-refractivity contribution in [3.63, 3.8) is 0 Å². The Hall–Kier alpha value is -3.27. The van der Waals surface area contributed by atoms with Crippen molar-refractivity contribution >= 4 is 27.6 Å². The average Bonchev–Trinajstić information content (AvgIpc) is 3.17. The van der Waals surface area contributed by atoms with Gasteiger partial charge in [-0.25, -0.2) is 0 Å². The summed E-state index contributed by atoms with van der Waals surface area (Å²) in [6.45, 7) is 3.24. The van der Waals surface area contributed by atoms with Gasteiger partial charge in [-0.2, -0.15) is 0 Å². The van der Waals surface area contributed by atoms with Crippen molar-refractivity contribution in [3.05, 3.63) is 78.1 Å². The Kier molecular flexibility index (Phi) is 5.29. The lowest BCUT2D eigenvalue weighted by Gasteiger charge is -2.06. The van der Waals surface area contributed by atoms with E-state index in [2.05, 4.69) is 23.5 Å². The molecule has 0 fully saturated rings. The van der Waals surface area contributed by atoms with E-state index in [0.29, 0.717) is 18.9 Å². The van der Waals surface area contributed by atoms with Gasteiger partial charge in [0.2, 0.25) is 0 Å². The molecule has 4 nitrogen and oxygen atoms in total. The van der Waals surface area contributed by atoms with Crippen molar-refractivity contribution in [2.75, 3.05) is 13.2 Å². The zero-order valence-electron chi connectivity index (χ0n) is 15.9. The summed E-state index contributed by atoms with van der Waals surface area (Å²) in [6.07, 6.45) is 1.76. The molecule has 1 heterocycles. The summed E-state index contributed by atoms with van der Waals surface area (Å²) in [5.41, 5.74) is 1.96. The van der Waals surface area contributed by atoms with E-state index in [9.17, 15) is 4.79 Å². The molecule has 0 aliphatic rings. The van der Waals surface area contributed by atoms with E-state index in [1.807, 2.05) is 55.5 Å². The Morgan fingerprint density at radius 2 is 1.82 bits per heavy atom. The topological polar surface area (TPSA) is 51.5 Å². The number of hydrogen-bond acceptors (Lipinski definition) is 3. The molecule has 1 amide bonds. The molecule has 0 saturated heterocycles. The molecule has 0 bridgehead atoms. The lowest BCUT2D eigenvalue weighted by Crippen LogP contribution is -2.24. The largest absolute Gasteiger partial charge is 0.494 e. The first kappa shape index (κ1) is 18.1. The number of fused-ring (bicyclic) bond motifs is 3. The number of furan rings is 1. The molecule has 0 spiro atoms. The van der Waals surface area contributed by atoms with E-state index >= 15 is 0 Å². The van der Waals surface area contributed by atoms with Crippen LogP contribution in [0.1, 0.15) is 29.5 Å². The van der Waals surface area contributed by atoms with Gasteiger partial charge in [0.05, 0.1) is 6.61 Å². The third kappa shape index (κ3) is 3.86. The van der Waals surface area contributed by atoms with Gasteiger partial charge in [0.25, 0.3) is 5.91 Å². The van der Waals surface area contributed by atoms with Crippen LogP contribution in [0, 0.1) is 0 Å². The molecule has 28 heavy (non-hydrogen) atoms. The zero-order chi connectivity index (χ0) is 19.3. The minimum absolute atomic E-state index is 0.174. The molecular weight excluding hydrogens is 350 g/mol. The summed E-state index contributed by atoms with van der Waals surface area (Å²) in [7, 11) is 0. The summed E-state index contributed by atoms with van der Waals surface area (Å²) in [6, 6.07) is 22.0. The van der Waals surface area contributed by atoms with E-state index in [4.69, 9.17) is 9.15 Å². The van der Waals surface area contributed by atoms with E-state index in [1.165, 1.54) is 5.56 Å². The lowest BCUT2D eigenvalue weighted by atomic mass is 10.1. The Morgan fingerprint density at radius 3 is 2.64 bits per heavy atom. The van der Waals surface area contributed by atoms with E-state index in [-0.39, 0.29) is 5.91 Å². The van der Waals surface area contributed by atoms with E-state index in [1.54, 1.807) is 0 Å². The molecular formula is C24H23NO3. The van der Waals surface area contributed by atoms with Gasteiger partial charge in [-0.05, 0) is 60.4 Å². The number of aryl methyl sites for hydroxylation is 1. The molecule has 0 unspecified atom stereocenters. The van der Waals surface area contributed by atoms with Crippen LogP contribution >= 0.6 is 0 Å². The van der Waals surface area contributed by atoms with Gasteiger partial charge in [0, 0.05) is 11.9 Å². The smallest absolute Gasteiger partial charge is 0.287 e. The molecule has 0 radical (unpaired) electrons. The minimum Gasteiger partial charge on any atom is -0.494 e. The molecule has 1 aromatic heterocycles. The van der Waals surface area contributed by atoms with Crippen LogP contribution in [-0.4, -0.2) is 19.1 Å². The van der Waals surface area contributed by atoms with Gasteiger partial charge in [0.15, 0.2) is 5.76 Å². The Bertz CT molecular complexity index is 1100. The Balaban J connectivity index is 1.35. The molecule has 0 aliphatic heterocycles. The fourth-order valence-corrected chi connectivity index (χ4v) is 3.40. The minimum atomic E-state index is -0.174. The highest BCUT2D eigenvalue weighted by molar-refractivity contribution is 6.08. The molecule has 0 saturated carbocycles. The van der Waals surface area contributed by atoms with Gasteiger partial charge in [-0.3, -0.25) is 4.79 Å². The number of amides is 1. The molecule has 4 rings (SSSR count). The first-order valence-electron chi connectivity index (χ1n) is 9.66. The molecule has 142 valence electrons. The van der Waals surface area contributed by atoms with E-state index in [0.717, 1.165) is 40.3 Å². The van der Waals surface area contributed by atoms with Gasteiger partial charge in [-0.1, -0.05) is 42.5 Å². The van der Waals surface area contributed by atoms with Crippen molar-refractivity contribution in [1.29, 1.82) is 0 Å². The maximum atomic E-state index is 12.5. The highest BCUT2D eigenvalue weighted by atomic mass is 16.5. The van der Waals surface area contributed by atoms with Gasteiger partial charge < -0.3 is 14.5 Å². The predicted octanol–water partition coefficient (Wildman–Crippen LogP) is 5.35. The number of carbonyl (C=O) groups excluding carboxylic acids is 1. The van der Waals surface area contributed by atoms with Crippen LogP contribution in [0.15, 0.2) is 71.1 Å². The van der Waals surface area contributed by atoms with Crippen molar-refractivity contribution in [1.82, 2.24) is 5.32 Å². The van der Waals surface area contributed by atoms with Gasteiger partial charge in [-0.15, -0.1) is 0 Å². The normalized spacial score (nSPS) is 11.0. The van der Waals surface area contributed by atoms with E-state index < -0.39 is 0 Å². The van der Waals surface area contributed by atoms with Gasteiger partial charge in [0.1, 0.15) is 11.3 Å². The monoisotopic (exact) mass is 373 g/mol. The van der Waals surface area contributed by atoms with Crippen LogP contribution in [0.4, 0.5) is 0 Å². The quantitative estimate of drug-likeness (QED) is 0.445. The summed E-state index contributed by atoms with van der Waals surface area (Å²) in [5.74, 6) is 1.07. The molecule has 0 atom stereocenters. The van der Waals surface area contributed by atoms with Crippen molar-refractivity contribution < 1.29 is 13.9 Å². The molecule has 0 aliphatic carbocycles. The average molecular weight is 373 g/mol. The summed E-state index contributed by atoms with van der Waals surface area (Å²) < 4.78 is 11.2. The first-order valence-corrected chi connectivity index (χ1v) is 9.66. The lowest BCUT2D eigenvalue weighted by molar-refractivity contribution is 0.0927. The van der Waals surface area contributed by atoms with Crippen LogP contribution in [-0.2, 0) is 6.42 Å². The first-order chi connectivity index (χ1) is 13.7. The molecule has 1 N–H and O–H groups in total. The third-order valence-corrected chi connectivity index (χ3v) is 4.81. The molecule has 4 aromatic rings. The third-order valence-electron chi connectivity index (χ3n) is 4.81. The van der Waals surface area contributed by atoms with Crippen LogP contribution in [0.5, 0.6) is 5.75 Å². The predicted molar refractivity (Wildman–Crippen MR) is 112 cm³/mol. The van der Waals surface area contributed by atoms with Crippen LogP contribution in [0.2, 0.25) is 0 Å². The number of carbonyl (C=O) groups is 1.